The summed E-state index contributed by atoms with van der Waals surface area (Å²) >= 11 is 0. The molecule has 202 valence electrons. The van der Waals surface area contributed by atoms with Gasteiger partial charge >= 0.3 is 6.03 Å². The van der Waals surface area contributed by atoms with Crippen molar-refractivity contribution >= 4 is 23.3 Å². The Kier molecular flexibility index (Phi) is 7.43. The summed E-state index contributed by atoms with van der Waals surface area (Å²) in [5.41, 5.74) is 7.23. The van der Waals surface area contributed by atoms with Crippen LogP contribution in [0.2, 0.25) is 0 Å². The Hall–Kier alpha value is -3.25. The summed E-state index contributed by atoms with van der Waals surface area (Å²) in [6.45, 7) is 1.76. The molecule has 1 saturated heterocycles. The fourth-order valence-electron chi connectivity index (χ4n) is 4.83. The van der Waals surface area contributed by atoms with Crippen LogP contribution < -0.4 is 11.1 Å². The van der Waals surface area contributed by atoms with Gasteiger partial charge < -0.3 is 16.0 Å². The molecule has 0 unspecified atom stereocenters. The number of nitrogens with zero attached hydrogens (tertiary/aromatic N) is 5. The van der Waals surface area contributed by atoms with Crippen molar-refractivity contribution in [2.75, 3.05) is 20.1 Å². The fraction of sp³-hybridized carbons (Fsp3) is 0.625. The second-order valence-corrected chi connectivity index (χ2v) is 10.0. The number of aliphatic imine (C=N–C) groups is 1. The number of urea groups is 1. The van der Waals surface area contributed by atoms with Crippen LogP contribution in [0.4, 0.5) is 22.4 Å². The van der Waals surface area contributed by atoms with Gasteiger partial charge in [0.05, 0.1) is 35.6 Å². The molecule has 13 heteroatoms. The van der Waals surface area contributed by atoms with Crippen LogP contribution in [0.1, 0.15) is 43.9 Å². The van der Waals surface area contributed by atoms with Crippen molar-refractivity contribution in [1.29, 1.82) is 0 Å². The van der Waals surface area contributed by atoms with Crippen LogP contribution in [-0.4, -0.2) is 69.1 Å². The summed E-state index contributed by atoms with van der Waals surface area (Å²) in [7, 11) is 1.53. The molecule has 3 heterocycles. The van der Waals surface area contributed by atoms with Crippen molar-refractivity contribution in [3.05, 3.63) is 29.7 Å². The number of fused-ring (bicyclic) bond motifs is 2. The molecule has 37 heavy (non-hydrogen) atoms. The number of halogens is 4. The molecular weight excluding hydrogens is 494 g/mol. The van der Waals surface area contributed by atoms with Crippen molar-refractivity contribution in [3.8, 4) is 0 Å². The second kappa shape index (κ2) is 10.3. The highest BCUT2D eigenvalue weighted by atomic mass is 19.3. The number of imidazole rings is 1. The molecule has 3 aliphatic rings. The lowest BCUT2D eigenvalue weighted by Gasteiger charge is -2.27. The van der Waals surface area contributed by atoms with Gasteiger partial charge in [0.25, 0.3) is 11.8 Å². The molecule has 0 bridgehead atoms. The van der Waals surface area contributed by atoms with Gasteiger partial charge in [0.1, 0.15) is 0 Å². The molecule has 0 spiro atoms. The quantitative estimate of drug-likeness (QED) is 0.461. The van der Waals surface area contributed by atoms with Crippen LogP contribution in [0.3, 0.4) is 0 Å². The highest BCUT2D eigenvalue weighted by Gasteiger charge is 2.69. The largest absolute Gasteiger partial charge is 0.365 e. The van der Waals surface area contributed by atoms with E-state index in [0.717, 1.165) is 5.69 Å². The maximum Gasteiger partial charge on any atom is 0.317 e. The average Bonchev–Trinajstić information content (AvgIpc) is 3.19. The molecule has 0 aromatic carbocycles. The number of carbonyl (C=O) groups excluding carboxylic acids is 2. The lowest BCUT2D eigenvalue weighted by molar-refractivity contribution is -0.112. The zero-order valence-corrected chi connectivity index (χ0v) is 20.8. The normalized spacial score (nSPS) is 25.0. The van der Waals surface area contributed by atoms with E-state index in [9.17, 15) is 27.2 Å². The van der Waals surface area contributed by atoms with E-state index >= 15 is 0 Å². The summed E-state index contributed by atoms with van der Waals surface area (Å²) in [5, 5.41) is 6.88. The van der Waals surface area contributed by atoms with E-state index in [-0.39, 0.29) is 44.4 Å². The number of rotatable bonds is 5. The third-order valence-corrected chi connectivity index (χ3v) is 7.37. The molecule has 9 nitrogen and oxygen atoms in total. The number of carbonyl (C=O) groups is 2. The molecular formula is C24H31F4N7O2. The van der Waals surface area contributed by atoms with Crippen LogP contribution in [0.5, 0.6) is 0 Å². The van der Waals surface area contributed by atoms with Crippen molar-refractivity contribution in [1.82, 2.24) is 24.8 Å². The lowest BCUT2D eigenvalue weighted by atomic mass is 9.84. The maximum atomic E-state index is 13.7. The lowest BCUT2D eigenvalue weighted by Crippen LogP contribution is -2.40. The summed E-state index contributed by atoms with van der Waals surface area (Å²) in [6, 6.07) is 1.43. The SMILES string of the molecule is CN=C(C)C(N)=O.O=C1NC[C@@H]2[C@H](CN1Cc1cnn3cc(CC4CCC(F)(F)CC4)nc3c1)C2(F)F. The maximum absolute atomic E-state index is 13.7. The first kappa shape index (κ1) is 26.8. The zero-order chi connectivity index (χ0) is 27.0. The van der Waals surface area contributed by atoms with Gasteiger partial charge in [-0.25, -0.2) is 31.9 Å². The molecule has 2 saturated carbocycles. The van der Waals surface area contributed by atoms with Crippen LogP contribution in [0, 0.1) is 17.8 Å². The topological polar surface area (TPSA) is 118 Å². The van der Waals surface area contributed by atoms with Gasteiger partial charge in [-0.2, -0.15) is 5.10 Å². The monoisotopic (exact) mass is 525 g/mol. The number of hydrogen-bond acceptors (Lipinski definition) is 5. The molecule has 3 N–H and O–H groups in total. The summed E-state index contributed by atoms with van der Waals surface area (Å²) < 4.78 is 55.7. The second-order valence-electron chi connectivity index (χ2n) is 10.0. The Bertz CT molecular complexity index is 1190. The molecule has 0 radical (unpaired) electrons. The van der Waals surface area contributed by atoms with Crippen LogP contribution >= 0.6 is 0 Å². The summed E-state index contributed by atoms with van der Waals surface area (Å²) in [6.07, 6.45) is 4.83. The minimum Gasteiger partial charge on any atom is -0.365 e. The van der Waals surface area contributed by atoms with E-state index in [1.807, 2.05) is 0 Å². The number of nitrogens with two attached hydrogens (primary N) is 1. The number of amides is 3. The van der Waals surface area contributed by atoms with Crippen LogP contribution in [0.25, 0.3) is 5.65 Å². The average molecular weight is 526 g/mol. The smallest absolute Gasteiger partial charge is 0.317 e. The Morgan fingerprint density at radius 1 is 1.24 bits per heavy atom. The van der Waals surface area contributed by atoms with Crippen molar-refractivity contribution < 1.29 is 27.2 Å². The summed E-state index contributed by atoms with van der Waals surface area (Å²) in [4.78, 5) is 31.7. The number of alkyl halides is 4. The molecule has 3 amide bonds. The highest BCUT2D eigenvalue weighted by Crippen LogP contribution is 2.55. The Balaban J connectivity index is 0.000000405. The van der Waals surface area contributed by atoms with Gasteiger partial charge in [0.2, 0.25) is 5.92 Å². The number of hydrogen-bond donors (Lipinski definition) is 2. The van der Waals surface area contributed by atoms with E-state index in [1.165, 1.54) is 11.9 Å². The molecule has 2 aromatic rings. The summed E-state index contributed by atoms with van der Waals surface area (Å²) in [5.74, 6) is -7.10. The van der Waals surface area contributed by atoms with E-state index in [2.05, 4.69) is 20.4 Å². The first-order chi connectivity index (χ1) is 17.4. The molecule has 3 fully saturated rings. The molecule has 2 aliphatic carbocycles. The first-order valence-electron chi connectivity index (χ1n) is 12.2. The molecule has 1 aliphatic heterocycles. The first-order valence-corrected chi connectivity index (χ1v) is 12.2. The molecule has 2 aromatic heterocycles. The van der Waals surface area contributed by atoms with Gasteiger partial charge in [-0.15, -0.1) is 0 Å². The van der Waals surface area contributed by atoms with E-state index in [0.29, 0.717) is 36.2 Å². The van der Waals surface area contributed by atoms with Crippen molar-refractivity contribution in [3.63, 3.8) is 0 Å². The molecule has 5 rings (SSSR count). The Morgan fingerprint density at radius 2 is 1.95 bits per heavy atom. The Morgan fingerprint density at radius 3 is 2.57 bits per heavy atom. The zero-order valence-electron chi connectivity index (χ0n) is 20.8. The van der Waals surface area contributed by atoms with Crippen molar-refractivity contribution in [2.45, 2.75) is 57.4 Å². The highest BCUT2D eigenvalue weighted by molar-refractivity contribution is 6.37. The van der Waals surface area contributed by atoms with Gasteiger partial charge in [0.15, 0.2) is 5.65 Å². The van der Waals surface area contributed by atoms with Gasteiger partial charge in [0, 0.05) is 39.5 Å². The predicted octanol–water partition coefficient (Wildman–Crippen LogP) is 3.07. The van der Waals surface area contributed by atoms with E-state index < -0.39 is 29.6 Å². The number of nitrogens with one attached hydrogen (secondary N) is 1. The van der Waals surface area contributed by atoms with Gasteiger partial charge in [-0.1, -0.05) is 0 Å². The van der Waals surface area contributed by atoms with Crippen molar-refractivity contribution in [2.24, 2.45) is 28.5 Å². The predicted molar refractivity (Wildman–Crippen MR) is 128 cm³/mol. The third-order valence-electron chi connectivity index (χ3n) is 7.37. The number of aromatic nitrogens is 3. The van der Waals surface area contributed by atoms with Crippen LogP contribution in [0.15, 0.2) is 23.5 Å². The minimum absolute atomic E-state index is 0.000994. The Labute approximate surface area is 211 Å². The molecule has 2 atom stereocenters. The third kappa shape index (κ3) is 6.19. The van der Waals surface area contributed by atoms with Gasteiger partial charge in [-0.3, -0.25) is 9.79 Å². The standard InChI is InChI=1S/C20H23F4N5O.C4H8N2O/c21-19(22)3-1-12(2-4-19)5-14-10-29-17(27-14)6-13(7-26-29)9-28-11-16-15(20(16,23)24)8-25-18(28)30;1-3(6-2)4(5)7/h6-7,10,12,15-16H,1-5,8-9,11H2,(H,25,30);1-2H3,(H2,5,7)/t15-,16+;/m1./s1. The minimum atomic E-state index is -2.71. The van der Waals surface area contributed by atoms with Gasteiger partial charge in [-0.05, 0) is 43.7 Å². The van der Waals surface area contributed by atoms with E-state index in [4.69, 9.17) is 5.73 Å². The van der Waals surface area contributed by atoms with Crippen LogP contribution in [-0.2, 0) is 17.8 Å². The number of primary amides is 1. The van der Waals surface area contributed by atoms with E-state index in [1.54, 1.807) is 29.9 Å². The fourth-order valence-corrected chi connectivity index (χ4v) is 4.83.